The molecule has 4 aromatic rings. The molecule has 0 aliphatic carbocycles. The van der Waals surface area contributed by atoms with Crippen LogP contribution in [0.4, 0.5) is 5.82 Å². The van der Waals surface area contributed by atoms with E-state index in [0.717, 1.165) is 59.7 Å². The quantitative estimate of drug-likeness (QED) is 0.511. The van der Waals surface area contributed by atoms with Crippen molar-refractivity contribution in [3.63, 3.8) is 0 Å². The zero-order chi connectivity index (χ0) is 19.6. The molecule has 3 heterocycles. The standard InChI is InChI=1S/C22H22N6O.ClH/c23-21-19-20(15-6-8-18(9-7-15)29-17-4-2-1-3-5-17)27-28(22(19)26-14-25-21)16-10-12-24-13-11-16;/h1-9,14,16,24H,10-13H2,(H2,23,25,26);1H. The number of nitrogens with one attached hydrogen (secondary N) is 1. The number of piperidine rings is 1. The Balaban J connectivity index is 0.00000218. The van der Waals surface area contributed by atoms with Gasteiger partial charge in [-0.25, -0.2) is 14.6 Å². The Morgan fingerprint density at radius 2 is 1.63 bits per heavy atom. The van der Waals surface area contributed by atoms with Gasteiger partial charge in [0.15, 0.2) is 5.65 Å². The molecule has 0 bridgehead atoms. The number of ether oxygens (including phenoxy) is 1. The van der Waals surface area contributed by atoms with E-state index in [-0.39, 0.29) is 12.4 Å². The number of halogens is 1. The number of nitrogens with two attached hydrogens (primary N) is 1. The third-order valence-electron chi connectivity index (χ3n) is 5.28. The maximum absolute atomic E-state index is 6.23. The van der Waals surface area contributed by atoms with Crippen molar-refractivity contribution < 1.29 is 4.74 Å². The van der Waals surface area contributed by atoms with Crippen molar-refractivity contribution in [1.29, 1.82) is 0 Å². The summed E-state index contributed by atoms with van der Waals surface area (Å²) >= 11 is 0. The predicted octanol–water partition coefficient (Wildman–Crippen LogP) is 4.21. The summed E-state index contributed by atoms with van der Waals surface area (Å²) < 4.78 is 7.92. The summed E-state index contributed by atoms with van der Waals surface area (Å²) in [5.41, 5.74) is 8.79. The highest BCUT2D eigenvalue weighted by atomic mass is 35.5. The van der Waals surface area contributed by atoms with Crippen molar-refractivity contribution in [2.24, 2.45) is 0 Å². The van der Waals surface area contributed by atoms with Crippen molar-refractivity contribution >= 4 is 29.3 Å². The van der Waals surface area contributed by atoms with Gasteiger partial charge in [-0.15, -0.1) is 12.4 Å². The van der Waals surface area contributed by atoms with E-state index < -0.39 is 0 Å². The highest BCUT2D eigenvalue weighted by Crippen LogP contribution is 2.34. The van der Waals surface area contributed by atoms with Gasteiger partial charge in [0, 0.05) is 5.56 Å². The maximum atomic E-state index is 6.23. The number of hydrogen-bond acceptors (Lipinski definition) is 6. The van der Waals surface area contributed by atoms with E-state index in [1.165, 1.54) is 6.33 Å². The fourth-order valence-electron chi connectivity index (χ4n) is 3.81. The van der Waals surface area contributed by atoms with Crippen LogP contribution >= 0.6 is 12.4 Å². The molecule has 0 amide bonds. The number of para-hydroxylation sites is 1. The van der Waals surface area contributed by atoms with Crippen molar-refractivity contribution in [2.75, 3.05) is 18.8 Å². The van der Waals surface area contributed by atoms with Crippen molar-refractivity contribution in [1.82, 2.24) is 25.1 Å². The zero-order valence-corrected chi connectivity index (χ0v) is 17.2. The number of nitrogen functional groups attached to an aromatic ring is 1. The van der Waals surface area contributed by atoms with Crippen molar-refractivity contribution in [2.45, 2.75) is 18.9 Å². The number of hydrogen-bond donors (Lipinski definition) is 2. The summed E-state index contributed by atoms with van der Waals surface area (Å²) in [4.78, 5) is 8.70. The maximum Gasteiger partial charge on any atom is 0.164 e. The SMILES string of the molecule is Cl.Nc1ncnc2c1c(-c1ccc(Oc3ccccc3)cc1)nn2C1CCNCC1. The fraction of sp³-hybridized carbons (Fsp3) is 0.227. The number of fused-ring (bicyclic) bond motifs is 1. The molecule has 2 aromatic heterocycles. The smallest absolute Gasteiger partial charge is 0.164 e. The van der Waals surface area contributed by atoms with Gasteiger partial charge in [0.25, 0.3) is 0 Å². The van der Waals surface area contributed by atoms with E-state index in [0.29, 0.717) is 11.9 Å². The second-order valence-electron chi connectivity index (χ2n) is 7.17. The first-order valence-corrected chi connectivity index (χ1v) is 9.82. The predicted molar refractivity (Wildman–Crippen MR) is 120 cm³/mol. The normalized spacial score (nSPS) is 14.4. The van der Waals surface area contributed by atoms with Crippen LogP contribution in [0.2, 0.25) is 0 Å². The van der Waals surface area contributed by atoms with Gasteiger partial charge in [0.05, 0.1) is 11.4 Å². The molecule has 0 saturated carbocycles. The topological polar surface area (TPSA) is 90.9 Å². The summed E-state index contributed by atoms with van der Waals surface area (Å²) in [6, 6.07) is 17.9. The Bertz CT molecular complexity index is 1120. The molecule has 8 heteroatoms. The average molecular weight is 423 g/mol. The van der Waals surface area contributed by atoms with E-state index in [1.54, 1.807) is 0 Å². The van der Waals surface area contributed by atoms with Gasteiger partial charge < -0.3 is 15.8 Å². The molecule has 1 aliphatic rings. The molecule has 5 rings (SSSR count). The van der Waals surface area contributed by atoms with E-state index in [9.17, 15) is 0 Å². The van der Waals surface area contributed by atoms with Crippen LogP contribution in [-0.2, 0) is 0 Å². The zero-order valence-electron chi connectivity index (χ0n) is 16.4. The molecule has 30 heavy (non-hydrogen) atoms. The minimum Gasteiger partial charge on any atom is -0.457 e. The molecule has 0 spiro atoms. The lowest BCUT2D eigenvalue weighted by Crippen LogP contribution is -2.30. The molecule has 3 N–H and O–H groups in total. The Morgan fingerprint density at radius 1 is 0.933 bits per heavy atom. The van der Waals surface area contributed by atoms with Crippen LogP contribution in [-0.4, -0.2) is 32.8 Å². The van der Waals surface area contributed by atoms with E-state index in [4.69, 9.17) is 15.6 Å². The lowest BCUT2D eigenvalue weighted by Gasteiger charge is -2.23. The highest BCUT2D eigenvalue weighted by Gasteiger charge is 2.23. The highest BCUT2D eigenvalue weighted by molar-refractivity contribution is 5.98. The lowest BCUT2D eigenvalue weighted by atomic mass is 10.1. The number of rotatable bonds is 4. The van der Waals surface area contributed by atoms with E-state index in [1.807, 2.05) is 59.3 Å². The molecule has 2 aromatic carbocycles. The summed E-state index contributed by atoms with van der Waals surface area (Å²) in [7, 11) is 0. The van der Waals surface area contributed by atoms with Crippen LogP contribution in [0.1, 0.15) is 18.9 Å². The number of anilines is 1. The third kappa shape index (κ3) is 3.81. The number of nitrogens with zero attached hydrogens (tertiary/aromatic N) is 4. The van der Waals surface area contributed by atoms with E-state index >= 15 is 0 Å². The Hall–Kier alpha value is -3.16. The van der Waals surface area contributed by atoms with Crippen molar-refractivity contribution in [3.8, 4) is 22.8 Å². The first-order chi connectivity index (χ1) is 14.3. The fourth-order valence-corrected chi connectivity index (χ4v) is 3.81. The number of aromatic nitrogens is 4. The van der Waals surface area contributed by atoms with Gasteiger partial charge in [0.2, 0.25) is 0 Å². The Labute approximate surface area is 180 Å². The number of benzene rings is 2. The molecule has 0 radical (unpaired) electrons. The summed E-state index contributed by atoms with van der Waals surface area (Å²) in [5.74, 6) is 2.03. The second kappa shape index (κ2) is 8.69. The Morgan fingerprint density at radius 3 is 2.37 bits per heavy atom. The molecule has 0 atom stereocenters. The molecule has 1 fully saturated rings. The molecule has 1 aliphatic heterocycles. The van der Waals surface area contributed by atoms with Gasteiger partial charge in [-0.2, -0.15) is 5.10 Å². The van der Waals surface area contributed by atoms with Gasteiger partial charge in [-0.3, -0.25) is 0 Å². The van der Waals surface area contributed by atoms with Crippen LogP contribution in [0.25, 0.3) is 22.3 Å². The summed E-state index contributed by atoms with van der Waals surface area (Å²) in [6.07, 6.45) is 3.55. The minimum atomic E-state index is 0. The molecule has 154 valence electrons. The average Bonchev–Trinajstić information content (AvgIpc) is 3.17. The molecule has 7 nitrogen and oxygen atoms in total. The van der Waals surface area contributed by atoms with Gasteiger partial charge in [0.1, 0.15) is 29.3 Å². The molecule has 1 saturated heterocycles. The van der Waals surface area contributed by atoms with Gasteiger partial charge in [-0.1, -0.05) is 18.2 Å². The first kappa shape index (κ1) is 20.1. The van der Waals surface area contributed by atoms with E-state index in [2.05, 4.69) is 15.3 Å². The van der Waals surface area contributed by atoms with Crippen LogP contribution < -0.4 is 15.8 Å². The molecular formula is C22H23ClN6O. The minimum absolute atomic E-state index is 0. The van der Waals surface area contributed by atoms with Crippen LogP contribution in [0.5, 0.6) is 11.5 Å². The molecule has 0 unspecified atom stereocenters. The summed E-state index contributed by atoms with van der Waals surface area (Å²) in [5, 5.41) is 9.13. The van der Waals surface area contributed by atoms with Crippen LogP contribution in [0.3, 0.4) is 0 Å². The Kier molecular flexibility index (Phi) is 5.83. The first-order valence-electron chi connectivity index (χ1n) is 9.82. The lowest BCUT2D eigenvalue weighted by molar-refractivity contribution is 0.350. The van der Waals surface area contributed by atoms with Gasteiger partial charge >= 0.3 is 0 Å². The second-order valence-corrected chi connectivity index (χ2v) is 7.17. The van der Waals surface area contributed by atoms with Crippen LogP contribution in [0.15, 0.2) is 60.9 Å². The monoisotopic (exact) mass is 422 g/mol. The summed E-state index contributed by atoms with van der Waals surface area (Å²) in [6.45, 7) is 1.96. The largest absolute Gasteiger partial charge is 0.457 e. The third-order valence-corrected chi connectivity index (χ3v) is 5.28. The molecular weight excluding hydrogens is 400 g/mol. The van der Waals surface area contributed by atoms with Crippen LogP contribution in [0, 0.1) is 0 Å². The van der Waals surface area contributed by atoms with Gasteiger partial charge in [-0.05, 0) is 62.3 Å². The van der Waals surface area contributed by atoms with Crippen molar-refractivity contribution in [3.05, 3.63) is 60.9 Å².